The molecule has 0 aliphatic heterocycles. The minimum Gasteiger partial charge on any atom is -0.393 e. The summed E-state index contributed by atoms with van der Waals surface area (Å²) in [4.78, 5) is 0. The Labute approximate surface area is 79.6 Å². The SMILES string of the molecule is CN(C)S(=O)(=O)CC1CCCC1O. The smallest absolute Gasteiger partial charge is 0.213 e. The minimum absolute atomic E-state index is 0.0626. The molecule has 1 N–H and O–H groups in total. The third kappa shape index (κ3) is 2.65. The third-order valence-electron chi connectivity index (χ3n) is 2.60. The highest BCUT2D eigenvalue weighted by molar-refractivity contribution is 7.89. The zero-order valence-corrected chi connectivity index (χ0v) is 8.92. The molecule has 0 amide bonds. The van der Waals surface area contributed by atoms with E-state index in [0.717, 1.165) is 19.3 Å². The zero-order valence-electron chi connectivity index (χ0n) is 8.10. The first kappa shape index (κ1) is 10.9. The Kier molecular flexibility index (Phi) is 3.32. The van der Waals surface area contributed by atoms with Gasteiger partial charge in [0.25, 0.3) is 0 Å². The first-order valence-electron chi connectivity index (χ1n) is 4.52. The van der Waals surface area contributed by atoms with Crippen molar-refractivity contribution >= 4 is 10.0 Å². The third-order valence-corrected chi connectivity index (χ3v) is 4.56. The van der Waals surface area contributed by atoms with E-state index in [-0.39, 0.29) is 11.7 Å². The number of sulfonamides is 1. The summed E-state index contributed by atoms with van der Waals surface area (Å²) in [6, 6.07) is 0. The van der Waals surface area contributed by atoms with Gasteiger partial charge in [0, 0.05) is 20.0 Å². The predicted octanol–water partition coefficient (Wildman–Crippen LogP) is 0.0388. The number of rotatable bonds is 3. The molecule has 78 valence electrons. The van der Waals surface area contributed by atoms with E-state index in [1.165, 1.54) is 18.4 Å². The van der Waals surface area contributed by atoms with Gasteiger partial charge < -0.3 is 5.11 Å². The summed E-state index contributed by atoms with van der Waals surface area (Å²) in [5.41, 5.74) is 0. The first-order chi connectivity index (χ1) is 5.93. The van der Waals surface area contributed by atoms with E-state index in [1.54, 1.807) is 0 Å². The van der Waals surface area contributed by atoms with E-state index in [2.05, 4.69) is 0 Å². The largest absolute Gasteiger partial charge is 0.393 e. The molecular formula is C8H17NO3S. The van der Waals surface area contributed by atoms with Crippen molar-refractivity contribution in [2.45, 2.75) is 25.4 Å². The molecule has 2 unspecified atom stereocenters. The summed E-state index contributed by atoms with van der Waals surface area (Å²) in [7, 11) is -0.0923. The van der Waals surface area contributed by atoms with Crippen LogP contribution in [0.15, 0.2) is 0 Å². The maximum atomic E-state index is 11.4. The fourth-order valence-corrected chi connectivity index (χ4v) is 2.86. The second kappa shape index (κ2) is 3.94. The van der Waals surface area contributed by atoms with Gasteiger partial charge >= 0.3 is 0 Å². The summed E-state index contributed by atoms with van der Waals surface area (Å²) in [6.45, 7) is 0. The minimum atomic E-state index is -3.14. The van der Waals surface area contributed by atoms with Gasteiger partial charge in [-0.3, -0.25) is 0 Å². The normalized spacial score (nSPS) is 29.8. The summed E-state index contributed by atoms with van der Waals surface area (Å²) < 4.78 is 24.1. The Hall–Kier alpha value is -0.130. The van der Waals surface area contributed by atoms with E-state index in [1.807, 2.05) is 0 Å². The van der Waals surface area contributed by atoms with E-state index in [0.29, 0.717) is 0 Å². The molecule has 0 bridgehead atoms. The van der Waals surface area contributed by atoms with Crippen LogP contribution in [0, 0.1) is 5.92 Å². The van der Waals surface area contributed by atoms with Crippen molar-refractivity contribution in [3.8, 4) is 0 Å². The van der Waals surface area contributed by atoms with E-state index < -0.39 is 16.1 Å². The summed E-state index contributed by atoms with van der Waals surface area (Å²) in [6.07, 6.45) is 2.09. The maximum absolute atomic E-state index is 11.4. The summed E-state index contributed by atoms with van der Waals surface area (Å²) in [5, 5.41) is 9.45. The van der Waals surface area contributed by atoms with Gasteiger partial charge in [0.2, 0.25) is 10.0 Å². The van der Waals surface area contributed by atoms with Crippen LogP contribution in [-0.4, -0.2) is 43.8 Å². The van der Waals surface area contributed by atoms with Crippen molar-refractivity contribution in [1.82, 2.24) is 4.31 Å². The Morgan fingerprint density at radius 2 is 2.00 bits per heavy atom. The molecule has 1 aliphatic rings. The van der Waals surface area contributed by atoms with E-state index in [4.69, 9.17) is 0 Å². The van der Waals surface area contributed by atoms with Crippen molar-refractivity contribution in [2.75, 3.05) is 19.8 Å². The molecule has 1 fully saturated rings. The van der Waals surface area contributed by atoms with Crippen LogP contribution < -0.4 is 0 Å². The molecular weight excluding hydrogens is 190 g/mol. The number of hydrogen-bond donors (Lipinski definition) is 1. The van der Waals surface area contributed by atoms with Crippen LogP contribution >= 0.6 is 0 Å². The molecule has 5 heteroatoms. The van der Waals surface area contributed by atoms with Gasteiger partial charge in [0.15, 0.2) is 0 Å². The quantitative estimate of drug-likeness (QED) is 0.711. The van der Waals surface area contributed by atoms with Crippen LogP contribution in [0.25, 0.3) is 0 Å². The molecule has 0 aromatic rings. The van der Waals surface area contributed by atoms with Gasteiger partial charge in [0.05, 0.1) is 11.9 Å². The second-order valence-corrected chi connectivity index (χ2v) is 6.05. The molecule has 0 aromatic carbocycles. The first-order valence-corrected chi connectivity index (χ1v) is 6.12. The average molecular weight is 207 g/mol. The van der Waals surface area contributed by atoms with Crippen molar-refractivity contribution in [3.05, 3.63) is 0 Å². The Morgan fingerprint density at radius 1 is 1.38 bits per heavy atom. The van der Waals surface area contributed by atoms with Crippen LogP contribution in [0.3, 0.4) is 0 Å². The van der Waals surface area contributed by atoms with Crippen molar-refractivity contribution in [2.24, 2.45) is 5.92 Å². The molecule has 0 aromatic heterocycles. The van der Waals surface area contributed by atoms with E-state index >= 15 is 0 Å². The monoisotopic (exact) mass is 207 g/mol. The highest BCUT2D eigenvalue weighted by atomic mass is 32.2. The molecule has 4 nitrogen and oxygen atoms in total. The molecule has 1 saturated carbocycles. The lowest BCUT2D eigenvalue weighted by atomic mass is 10.1. The van der Waals surface area contributed by atoms with Gasteiger partial charge in [-0.1, -0.05) is 6.42 Å². The van der Waals surface area contributed by atoms with Crippen LogP contribution in [0.5, 0.6) is 0 Å². The predicted molar refractivity (Wildman–Crippen MR) is 50.8 cm³/mol. The summed E-state index contributed by atoms with van der Waals surface area (Å²) in [5.74, 6) is 0.0219. The Morgan fingerprint density at radius 3 is 2.38 bits per heavy atom. The molecule has 1 aliphatic carbocycles. The Balaban J connectivity index is 2.58. The van der Waals surface area contributed by atoms with Gasteiger partial charge in [-0.15, -0.1) is 0 Å². The standard InChI is InChI=1S/C8H17NO3S/c1-9(2)13(11,12)6-7-4-3-5-8(7)10/h7-8,10H,3-6H2,1-2H3. The molecule has 1 rings (SSSR count). The Bertz CT molecular complexity index is 261. The maximum Gasteiger partial charge on any atom is 0.213 e. The molecule has 13 heavy (non-hydrogen) atoms. The van der Waals surface area contributed by atoms with Crippen molar-refractivity contribution in [3.63, 3.8) is 0 Å². The van der Waals surface area contributed by atoms with Gasteiger partial charge in [0.1, 0.15) is 0 Å². The fourth-order valence-electron chi connectivity index (χ4n) is 1.63. The lowest BCUT2D eigenvalue weighted by Crippen LogP contribution is -2.31. The lowest BCUT2D eigenvalue weighted by molar-refractivity contribution is 0.142. The molecule has 0 heterocycles. The van der Waals surface area contributed by atoms with Crippen molar-refractivity contribution < 1.29 is 13.5 Å². The number of hydrogen-bond acceptors (Lipinski definition) is 3. The van der Waals surface area contributed by atoms with Crippen LogP contribution in [0.2, 0.25) is 0 Å². The number of aliphatic hydroxyl groups is 1. The van der Waals surface area contributed by atoms with Crippen LogP contribution in [-0.2, 0) is 10.0 Å². The number of nitrogens with zero attached hydrogens (tertiary/aromatic N) is 1. The topological polar surface area (TPSA) is 57.6 Å². The van der Waals surface area contributed by atoms with E-state index in [9.17, 15) is 13.5 Å². The highest BCUT2D eigenvalue weighted by Gasteiger charge is 2.30. The summed E-state index contributed by atoms with van der Waals surface area (Å²) >= 11 is 0. The lowest BCUT2D eigenvalue weighted by Gasteiger charge is -2.17. The zero-order chi connectivity index (χ0) is 10.1. The fraction of sp³-hybridized carbons (Fsp3) is 1.00. The highest BCUT2D eigenvalue weighted by Crippen LogP contribution is 2.27. The second-order valence-electron chi connectivity index (χ2n) is 3.82. The van der Waals surface area contributed by atoms with Gasteiger partial charge in [-0.05, 0) is 12.8 Å². The van der Waals surface area contributed by atoms with Crippen molar-refractivity contribution in [1.29, 1.82) is 0 Å². The molecule has 0 saturated heterocycles. The average Bonchev–Trinajstić information content (AvgIpc) is 2.35. The van der Waals surface area contributed by atoms with Crippen LogP contribution in [0.1, 0.15) is 19.3 Å². The molecule has 0 spiro atoms. The van der Waals surface area contributed by atoms with Crippen LogP contribution in [0.4, 0.5) is 0 Å². The molecule has 0 radical (unpaired) electrons. The molecule has 2 atom stereocenters. The van der Waals surface area contributed by atoms with Gasteiger partial charge in [-0.25, -0.2) is 12.7 Å². The van der Waals surface area contributed by atoms with Gasteiger partial charge in [-0.2, -0.15) is 0 Å². The number of aliphatic hydroxyl groups excluding tert-OH is 1.